The number of fused-ring (bicyclic) bond motifs is 1. The third-order valence-electron chi connectivity index (χ3n) is 4.09. The molecule has 0 bridgehead atoms. The van der Waals surface area contributed by atoms with Crippen molar-refractivity contribution in [3.63, 3.8) is 0 Å². The fraction of sp³-hybridized carbons (Fsp3) is 0.105. The first-order chi connectivity index (χ1) is 12.1. The number of pyridine rings is 2. The van der Waals surface area contributed by atoms with E-state index in [1.807, 2.05) is 60.2 Å². The molecule has 6 heteroatoms. The molecule has 0 radical (unpaired) electrons. The summed E-state index contributed by atoms with van der Waals surface area (Å²) in [5.41, 5.74) is 3.43. The van der Waals surface area contributed by atoms with Crippen molar-refractivity contribution in [3.8, 4) is 17.2 Å². The van der Waals surface area contributed by atoms with Gasteiger partial charge in [-0.25, -0.2) is 9.78 Å². The monoisotopic (exact) mass is 350 g/mol. The second-order valence-electron chi connectivity index (χ2n) is 5.90. The highest BCUT2D eigenvalue weighted by atomic mass is 35.5. The highest BCUT2D eigenvalue weighted by molar-refractivity contribution is 6.29. The van der Waals surface area contributed by atoms with Crippen LogP contribution in [0.1, 0.15) is 11.1 Å². The van der Waals surface area contributed by atoms with Crippen LogP contribution in [-0.2, 0) is 6.54 Å². The molecule has 2 aliphatic rings. The molecule has 0 fully saturated rings. The molecule has 124 valence electrons. The number of halogens is 1. The number of hydrogen-bond donors (Lipinski definition) is 0. The van der Waals surface area contributed by atoms with Gasteiger partial charge in [0.15, 0.2) is 5.82 Å². The van der Waals surface area contributed by atoms with E-state index >= 15 is 0 Å². The van der Waals surface area contributed by atoms with Gasteiger partial charge in [0, 0.05) is 12.4 Å². The molecule has 0 unspecified atom stereocenters. The van der Waals surface area contributed by atoms with Crippen molar-refractivity contribution >= 4 is 11.6 Å². The van der Waals surface area contributed by atoms with Crippen molar-refractivity contribution in [2.24, 2.45) is 0 Å². The van der Waals surface area contributed by atoms with Gasteiger partial charge in [0.25, 0.3) is 0 Å². The van der Waals surface area contributed by atoms with Crippen LogP contribution in [0.3, 0.4) is 0 Å². The van der Waals surface area contributed by atoms with Crippen LogP contribution in [0, 0.1) is 6.92 Å². The number of aromatic nitrogens is 4. The summed E-state index contributed by atoms with van der Waals surface area (Å²) in [5.74, 6) is 0.642. The lowest BCUT2D eigenvalue weighted by atomic mass is 10.2. The molecule has 4 rings (SSSR count). The zero-order valence-electron chi connectivity index (χ0n) is 13.6. The lowest BCUT2D eigenvalue weighted by Crippen LogP contribution is -2.14. The second kappa shape index (κ2) is 6.18. The molecule has 1 aromatic carbocycles. The maximum absolute atomic E-state index is 12.5. The molecule has 2 aromatic rings. The second-order valence-corrected chi connectivity index (χ2v) is 6.29. The third kappa shape index (κ3) is 2.94. The standard InChI is InChI=1S/C19H15ClN4O/c1-13-4-7-15(8-5-13)24-16-3-2-10-23(18(16)22-19(24)25)12-14-6-9-17(20)21-11-14/h2-11H,12H2,1H3. The van der Waals surface area contributed by atoms with Crippen molar-refractivity contribution in [2.75, 3.05) is 0 Å². The van der Waals surface area contributed by atoms with E-state index in [1.165, 1.54) is 0 Å². The number of aryl methyl sites for hydroxylation is 1. The topological polar surface area (TPSA) is 52.7 Å². The zero-order valence-corrected chi connectivity index (χ0v) is 14.3. The quantitative estimate of drug-likeness (QED) is 0.531. The Morgan fingerprint density at radius 2 is 1.88 bits per heavy atom. The summed E-state index contributed by atoms with van der Waals surface area (Å²) in [6.45, 7) is 2.58. The Morgan fingerprint density at radius 3 is 2.60 bits per heavy atom. The normalized spacial score (nSPS) is 11.1. The lowest BCUT2D eigenvalue weighted by Gasteiger charge is -2.12. The van der Waals surface area contributed by atoms with Crippen LogP contribution in [0.25, 0.3) is 17.2 Å². The zero-order chi connectivity index (χ0) is 17.4. The third-order valence-corrected chi connectivity index (χ3v) is 4.31. The summed E-state index contributed by atoms with van der Waals surface area (Å²) in [6.07, 6.45) is 3.63. The molecule has 0 N–H and O–H groups in total. The van der Waals surface area contributed by atoms with Gasteiger partial charge >= 0.3 is 5.69 Å². The highest BCUT2D eigenvalue weighted by Gasteiger charge is 2.18. The van der Waals surface area contributed by atoms with Gasteiger partial charge in [0.2, 0.25) is 0 Å². The van der Waals surface area contributed by atoms with Crippen molar-refractivity contribution in [1.82, 2.24) is 19.1 Å². The summed E-state index contributed by atoms with van der Waals surface area (Å²) in [4.78, 5) is 20.8. The van der Waals surface area contributed by atoms with Crippen LogP contribution in [0.5, 0.6) is 0 Å². The van der Waals surface area contributed by atoms with Crippen LogP contribution in [-0.4, -0.2) is 19.1 Å². The van der Waals surface area contributed by atoms with E-state index in [9.17, 15) is 4.79 Å². The average molecular weight is 351 g/mol. The van der Waals surface area contributed by atoms with Gasteiger partial charge in [-0.05, 0) is 42.8 Å². The fourth-order valence-electron chi connectivity index (χ4n) is 2.84. The fourth-order valence-corrected chi connectivity index (χ4v) is 2.95. The number of hydrogen-bond acceptors (Lipinski definition) is 3. The first-order valence-electron chi connectivity index (χ1n) is 7.87. The van der Waals surface area contributed by atoms with E-state index in [1.54, 1.807) is 16.8 Å². The minimum absolute atomic E-state index is 0.284. The van der Waals surface area contributed by atoms with Gasteiger partial charge in [-0.1, -0.05) is 35.4 Å². The van der Waals surface area contributed by atoms with Crippen molar-refractivity contribution < 1.29 is 0 Å². The molecular weight excluding hydrogens is 336 g/mol. The molecule has 0 aliphatic carbocycles. The first kappa shape index (κ1) is 15.6. The summed E-state index contributed by atoms with van der Waals surface area (Å²) >= 11 is 5.84. The predicted octanol–water partition coefficient (Wildman–Crippen LogP) is 3.54. The summed E-state index contributed by atoms with van der Waals surface area (Å²) < 4.78 is 3.57. The largest absolute Gasteiger partial charge is 0.354 e. The molecule has 1 aromatic heterocycles. The molecule has 25 heavy (non-hydrogen) atoms. The number of nitrogens with zero attached hydrogens (tertiary/aromatic N) is 4. The Labute approximate surface area is 149 Å². The molecule has 5 nitrogen and oxygen atoms in total. The van der Waals surface area contributed by atoms with Gasteiger partial charge in [-0.3, -0.25) is 4.57 Å². The van der Waals surface area contributed by atoms with Crippen molar-refractivity contribution in [2.45, 2.75) is 13.5 Å². The number of rotatable bonds is 3. The van der Waals surface area contributed by atoms with E-state index < -0.39 is 0 Å². The van der Waals surface area contributed by atoms with Gasteiger partial charge in [0.1, 0.15) is 5.15 Å². The van der Waals surface area contributed by atoms with E-state index in [4.69, 9.17) is 11.6 Å². The van der Waals surface area contributed by atoms with E-state index in [-0.39, 0.29) is 5.69 Å². The van der Waals surface area contributed by atoms with Crippen LogP contribution >= 0.6 is 11.6 Å². The molecule has 0 saturated heterocycles. The Kier molecular flexibility index (Phi) is 3.86. The molecule has 3 heterocycles. The van der Waals surface area contributed by atoms with Gasteiger partial charge < -0.3 is 4.57 Å². The van der Waals surface area contributed by atoms with Crippen molar-refractivity contribution in [3.05, 3.63) is 87.7 Å². The van der Waals surface area contributed by atoms with E-state index in [0.29, 0.717) is 17.5 Å². The molecule has 0 saturated carbocycles. The number of imidazole rings is 1. The van der Waals surface area contributed by atoms with Gasteiger partial charge in [-0.2, -0.15) is 4.98 Å². The van der Waals surface area contributed by atoms with Crippen LogP contribution in [0.2, 0.25) is 5.15 Å². The highest BCUT2D eigenvalue weighted by Crippen LogP contribution is 2.22. The smallest absolute Gasteiger partial charge is 0.327 e. The Bertz CT molecular complexity index is 1050. The van der Waals surface area contributed by atoms with E-state index in [0.717, 1.165) is 22.5 Å². The van der Waals surface area contributed by atoms with Crippen LogP contribution < -0.4 is 5.69 Å². The minimum Gasteiger partial charge on any atom is -0.327 e. The molecule has 0 amide bonds. The predicted molar refractivity (Wildman–Crippen MR) is 97.5 cm³/mol. The molecule has 0 spiro atoms. The van der Waals surface area contributed by atoms with Crippen molar-refractivity contribution in [1.29, 1.82) is 0 Å². The van der Waals surface area contributed by atoms with Crippen LogP contribution in [0.4, 0.5) is 0 Å². The van der Waals surface area contributed by atoms with Gasteiger partial charge in [0.05, 0.1) is 17.9 Å². The Hall–Kier alpha value is -2.92. The number of benzene rings is 1. The SMILES string of the molecule is Cc1ccc(-n2c3cccn(Cc4ccc(Cl)nc4)c-3nc2=O)cc1. The van der Waals surface area contributed by atoms with Crippen LogP contribution in [0.15, 0.2) is 65.7 Å². The minimum atomic E-state index is -0.284. The average Bonchev–Trinajstić information content (AvgIpc) is 2.95. The Balaban J connectivity index is 1.78. The molecule has 0 atom stereocenters. The van der Waals surface area contributed by atoms with E-state index in [2.05, 4.69) is 9.97 Å². The maximum atomic E-state index is 12.5. The summed E-state index contributed by atoms with van der Waals surface area (Å²) in [6, 6.07) is 15.3. The summed E-state index contributed by atoms with van der Waals surface area (Å²) in [5, 5.41) is 0.456. The summed E-state index contributed by atoms with van der Waals surface area (Å²) in [7, 11) is 0. The lowest BCUT2D eigenvalue weighted by molar-refractivity contribution is 0.779. The van der Waals surface area contributed by atoms with Gasteiger partial charge in [-0.15, -0.1) is 0 Å². The Morgan fingerprint density at radius 1 is 1.08 bits per heavy atom. The molecule has 2 aliphatic heterocycles. The maximum Gasteiger partial charge on any atom is 0.354 e. The molecular formula is C19H15ClN4O. The first-order valence-corrected chi connectivity index (χ1v) is 8.25.